The number of carbonyl (C=O) groups is 1. The minimum absolute atomic E-state index is 0.00778. The zero-order chi connectivity index (χ0) is 11.3. The lowest BCUT2D eigenvalue weighted by Gasteiger charge is -2.04. The fourth-order valence-corrected chi connectivity index (χ4v) is 1.03. The molecule has 1 amide bonds. The summed E-state index contributed by atoms with van der Waals surface area (Å²) in [5.41, 5.74) is 5.34. The zero-order valence-corrected chi connectivity index (χ0v) is 8.88. The summed E-state index contributed by atoms with van der Waals surface area (Å²) in [6, 6.07) is 0. The molecule has 0 fully saturated rings. The van der Waals surface area contributed by atoms with Crippen molar-refractivity contribution in [3.05, 3.63) is 5.28 Å². The van der Waals surface area contributed by atoms with Crippen LogP contribution in [0.3, 0.4) is 0 Å². The summed E-state index contributed by atoms with van der Waals surface area (Å²) < 4.78 is 0. The molecule has 0 spiro atoms. The predicted octanol–water partition coefficient (Wildman–Crippen LogP) is -0.345. The number of anilines is 2. The molecule has 1 heterocycles. The van der Waals surface area contributed by atoms with Gasteiger partial charge in [0.15, 0.2) is 0 Å². The molecule has 8 heteroatoms. The molecule has 82 valence electrons. The van der Waals surface area contributed by atoms with Gasteiger partial charge < -0.3 is 16.4 Å². The molecule has 1 rings (SSSR count). The van der Waals surface area contributed by atoms with Gasteiger partial charge in [0.1, 0.15) is 0 Å². The van der Waals surface area contributed by atoms with Crippen molar-refractivity contribution >= 4 is 29.4 Å². The highest BCUT2D eigenvalue weighted by Gasteiger charge is 2.04. The van der Waals surface area contributed by atoms with Crippen molar-refractivity contribution in [1.29, 1.82) is 0 Å². The standard InChI is InChI=1S/C7H11ClN6O/c1-2-10-4(15)3-11-7-13-5(8)12-6(9)14-7/h2-3H2,1H3,(H,10,15)(H3,9,11,12,13,14). The number of amides is 1. The molecule has 7 nitrogen and oxygen atoms in total. The Hall–Kier alpha value is -1.63. The summed E-state index contributed by atoms with van der Waals surface area (Å²) in [6.45, 7) is 2.46. The highest BCUT2D eigenvalue weighted by molar-refractivity contribution is 6.28. The maximum absolute atomic E-state index is 11.1. The smallest absolute Gasteiger partial charge is 0.239 e. The first-order valence-corrected chi connectivity index (χ1v) is 4.67. The van der Waals surface area contributed by atoms with Crippen LogP contribution in [0.25, 0.3) is 0 Å². The van der Waals surface area contributed by atoms with Crippen LogP contribution in [0.5, 0.6) is 0 Å². The lowest BCUT2D eigenvalue weighted by Crippen LogP contribution is -2.30. The van der Waals surface area contributed by atoms with Gasteiger partial charge in [-0.05, 0) is 18.5 Å². The summed E-state index contributed by atoms with van der Waals surface area (Å²) in [5, 5.41) is 5.27. The number of nitrogens with one attached hydrogen (secondary N) is 2. The van der Waals surface area contributed by atoms with Crippen molar-refractivity contribution < 1.29 is 4.79 Å². The third-order valence-corrected chi connectivity index (χ3v) is 1.58. The van der Waals surface area contributed by atoms with E-state index in [9.17, 15) is 4.79 Å². The molecule has 0 saturated heterocycles. The number of rotatable bonds is 4. The third kappa shape index (κ3) is 3.94. The number of carbonyl (C=O) groups excluding carboxylic acids is 1. The Balaban J connectivity index is 2.54. The molecule has 1 aromatic rings. The molecule has 4 N–H and O–H groups in total. The number of halogens is 1. The van der Waals surface area contributed by atoms with Crippen LogP contribution in [0.15, 0.2) is 0 Å². The number of aromatic nitrogens is 3. The molecule has 0 radical (unpaired) electrons. The second kappa shape index (κ2) is 5.30. The van der Waals surface area contributed by atoms with Crippen molar-refractivity contribution in [2.75, 3.05) is 24.1 Å². The Morgan fingerprint density at radius 1 is 1.47 bits per heavy atom. The van der Waals surface area contributed by atoms with Gasteiger partial charge in [0.25, 0.3) is 0 Å². The molecule has 0 aliphatic rings. The quantitative estimate of drug-likeness (QED) is 0.653. The van der Waals surface area contributed by atoms with Crippen molar-refractivity contribution in [3.63, 3.8) is 0 Å². The summed E-state index contributed by atoms with van der Waals surface area (Å²) >= 11 is 5.54. The Morgan fingerprint density at radius 2 is 2.20 bits per heavy atom. The van der Waals surface area contributed by atoms with E-state index in [2.05, 4.69) is 25.6 Å². The van der Waals surface area contributed by atoms with Crippen LogP contribution in [-0.4, -0.2) is 33.9 Å². The molecule has 15 heavy (non-hydrogen) atoms. The molecule has 0 aliphatic carbocycles. The molecule has 1 aromatic heterocycles. The molecular formula is C7H11ClN6O. The van der Waals surface area contributed by atoms with Gasteiger partial charge in [0.2, 0.25) is 23.1 Å². The summed E-state index contributed by atoms with van der Waals surface area (Å²) in [5.74, 6) is 0.0276. The van der Waals surface area contributed by atoms with E-state index in [-0.39, 0.29) is 29.6 Å². The number of nitrogens with zero attached hydrogens (tertiary/aromatic N) is 3. The lowest BCUT2D eigenvalue weighted by atomic mass is 10.5. The lowest BCUT2D eigenvalue weighted by molar-refractivity contribution is -0.119. The van der Waals surface area contributed by atoms with Crippen LogP contribution in [0.4, 0.5) is 11.9 Å². The second-order valence-corrected chi connectivity index (χ2v) is 2.93. The molecule has 0 atom stereocenters. The van der Waals surface area contributed by atoms with Gasteiger partial charge in [0, 0.05) is 6.54 Å². The second-order valence-electron chi connectivity index (χ2n) is 2.59. The maximum atomic E-state index is 11.1. The van der Waals surface area contributed by atoms with Gasteiger partial charge in [-0.1, -0.05) is 0 Å². The average molecular weight is 231 g/mol. The van der Waals surface area contributed by atoms with E-state index in [1.165, 1.54) is 0 Å². The van der Waals surface area contributed by atoms with Crippen LogP contribution in [-0.2, 0) is 4.79 Å². The molecule has 0 aromatic carbocycles. The van der Waals surface area contributed by atoms with Crippen molar-refractivity contribution in [2.45, 2.75) is 6.92 Å². The summed E-state index contributed by atoms with van der Waals surface area (Å²) in [7, 11) is 0. The average Bonchev–Trinajstić information content (AvgIpc) is 2.14. The van der Waals surface area contributed by atoms with Crippen LogP contribution in [0.1, 0.15) is 6.92 Å². The molecule has 0 aliphatic heterocycles. The first-order valence-electron chi connectivity index (χ1n) is 4.29. The predicted molar refractivity (Wildman–Crippen MR) is 56.4 cm³/mol. The van der Waals surface area contributed by atoms with E-state index in [0.717, 1.165) is 0 Å². The largest absolute Gasteiger partial charge is 0.368 e. The van der Waals surface area contributed by atoms with Gasteiger partial charge in [-0.2, -0.15) is 15.0 Å². The highest BCUT2D eigenvalue weighted by atomic mass is 35.5. The molecule has 0 unspecified atom stereocenters. The SMILES string of the molecule is CCNC(=O)CNc1nc(N)nc(Cl)n1. The van der Waals surface area contributed by atoms with Crippen LogP contribution >= 0.6 is 11.6 Å². The van der Waals surface area contributed by atoms with Crippen molar-refractivity contribution in [3.8, 4) is 0 Å². The number of likely N-dealkylation sites (N-methyl/N-ethyl adjacent to an activating group) is 1. The first kappa shape index (κ1) is 11.4. The normalized spacial score (nSPS) is 9.73. The van der Waals surface area contributed by atoms with E-state index in [1.807, 2.05) is 6.92 Å². The maximum Gasteiger partial charge on any atom is 0.239 e. The molecule has 0 saturated carbocycles. The summed E-state index contributed by atoms with van der Waals surface area (Å²) in [6.07, 6.45) is 0. The number of nitrogen functional groups attached to an aromatic ring is 1. The Morgan fingerprint density at radius 3 is 2.80 bits per heavy atom. The van der Waals surface area contributed by atoms with E-state index in [4.69, 9.17) is 17.3 Å². The minimum Gasteiger partial charge on any atom is -0.368 e. The highest BCUT2D eigenvalue weighted by Crippen LogP contribution is 2.05. The minimum atomic E-state index is -0.160. The van der Waals surface area contributed by atoms with Crippen LogP contribution < -0.4 is 16.4 Å². The van der Waals surface area contributed by atoms with Gasteiger partial charge in [0.05, 0.1) is 6.54 Å². The van der Waals surface area contributed by atoms with E-state index in [0.29, 0.717) is 6.54 Å². The Labute approximate surface area is 91.5 Å². The molecule has 0 bridgehead atoms. The van der Waals surface area contributed by atoms with Crippen molar-refractivity contribution in [1.82, 2.24) is 20.3 Å². The summed E-state index contributed by atoms with van der Waals surface area (Å²) in [4.78, 5) is 22.1. The van der Waals surface area contributed by atoms with E-state index >= 15 is 0 Å². The number of hydrogen-bond donors (Lipinski definition) is 3. The van der Waals surface area contributed by atoms with Gasteiger partial charge >= 0.3 is 0 Å². The Bertz CT molecular complexity index is 337. The fourth-order valence-electron chi connectivity index (χ4n) is 0.863. The van der Waals surface area contributed by atoms with Gasteiger partial charge in [-0.3, -0.25) is 4.79 Å². The first-order chi connectivity index (χ1) is 7.11. The molecular weight excluding hydrogens is 220 g/mol. The topological polar surface area (TPSA) is 106 Å². The van der Waals surface area contributed by atoms with Gasteiger partial charge in [-0.25, -0.2) is 0 Å². The van der Waals surface area contributed by atoms with Crippen LogP contribution in [0.2, 0.25) is 5.28 Å². The van der Waals surface area contributed by atoms with E-state index in [1.54, 1.807) is 0 Å². The zero-order valence-electron chi connectivity index (χ0n) is 8.12. The van der Waals surface area contributed by atoms with Crippen molar-refractivity contribution in [2.24, 2.45) is 0 Å². The van der Waals surface area contributed by atoms with E-state index < -0.39 is 0 Å². The third-order valence-electron chi connectivity index (χ3n) is 1.41. The monoisotopic (exact) mass is 230 g/mol. The Kier molecular flexibility index (Phi) is 4.04. The van der Waals surface area contributed by atoms with Crippen LogP contribution in [0, 0.1) is 0 Å². The fraction of sp³-hybridized carbons (Fsp3) is 0.429. The number of nitrogens with two attached hydrogens (primary N) is 1. The number of hydrogen-bond acceptors (Lipinski definition) is 6. The van der Waals surface area contributed by atoms with Gasteiger partial charge in [-0.15, -0.1) is 0 Å².